The maximum Gasteiger partial charge on any atom is 0.237 e. The van der Waals surface area contributed by atoms with Gasteiger partial charge < -0.3 is 10.2 Å². The molecule has 92 valence electrons. The lowest BCUT2D eigenvalue weighted by Gasteiger charge is -2.23. The first-order valence-electron chi connectivity index (χ1n) is 5.90. The van der Waals surface area contributed by atoms with Crippen LogP contribution in [0.2, 0.25) is 0 Å². The minimum Gasteiger partial charge on any atom is -0.334 e. The lowest BCUT2D eigenvalue weighted by Crippen LogP contribution is -2.38. The Morgan fingerprint density at radius 1 is 1.47 bits per heavy atom. The summed E-state index contributed by atoms with van der Waals surface area (Å²) in [5.41, 5.74) is 1.17. The predicted octanol–water partition coefficient (Wildman–Crippen LogP) is 2.16. The fraction of sp³-hybridized carbons (Fsp3) is 0.462. The Hall–Kier alpha value is -0.870. The molecule has 1 aromatic rings. The van der Waals surface area contributed by atoms with Crippen LogP contribution in [0.25, 0.3) is 0 Å². The Kier molecular flexibility index (Phi) is 4.18. The summed E-state index contributed by atoms with van der Waals surface area (Å²) in [6.45, 7) is 1.12. The highest BCUT2D eigenvalue weighted by molar-refractivity contribution is 9.10. The number of nitrogens with one attached hydrogen (secondary N) is 1. The van der Waals surface area contributed by atoms with Crippen LogP contribution in [0, 0.1) is 0 Å². The molecule has 1 saturated carbocycles. The summed E-state index contributed by atoms with van der Waals surface area (Å²) in [5, 5.41) is 2.93. The fourth-order valence-corrected chi connectivity index (χ4v) is 2.28. The lowest BCUT2D eigenvalue weighted by molar-refractivity contribution is -0.131. The van der Waals surface area contributed by atoms with Crippen LogP contribution in [0.15, 0.2) is 28.7 Å². The fourth-order valence-electron chi connectivity index (χ4n) is 1.87. The molecule has 0 unspecified atom stereocenters. The Bertz CT molecular complexity index is 404. The molecule has 0 heterocycles. The summed E-state index contributed by atoms with van der Waals surface area (Å²) >= 11 is 3.53. The van der Waals surface area contributed by atoms with Crippen molar-refractivity contribution in [1.82, 2.24) is 10.2 Å². The van der Waals surface area contributed by atoms with Crippen LogP contribution in [-0.2, 0) is 11.3 Å². The second-order valence-electron chi connectivity index (χ2n) is 4.37. The Labute approximate surface area is 110 Å². The highest BCUT2D eigenvalue weighted by Gasteiger charge is 2.32. The van der Waals surface area contributed by atoms with Crippen LogP contribution in [0.1, 0.15) is 18.4 Å². The van der Waals surface area contributed by atoms with Crippen molar-refractivity contribution in [3.05, 3.63) is 34.3 Å². The first-order chi connectivity index (χ1) is 8.22. The number of hydrogen-bond acceptors (Lipinski definition) is 2. The summed E-state index contributed by atoms with van der Waals surface area (Å²) in [5.74, 6) is 0.186. The predicted molar refractivity (Wildman–Crippen MR) is 71.6 cm³/mol. The highest BCUT2D eigenvalue weighted by Crippen LogP contribution is 2.29. The van der Waals surface area contributed by atoms with Gasteiger partial charge in [0.25, 0.3) is 0 Å². The van der Waals surface area contributed by atoms with Gasteiger partial charge in [-0.25, -0.2) is 0 Å². The van der Waals surface area contributed by atoms with Crippen molar-refractivity contribution in [2.24, 2.45) is 0 Å². The molecule has 1 fully saturated rings. The molecule has 0 saturated heterocycles. The quantitative estimate of drug-likeness (QED) is 0.903. The number of halogens is 1. The van der Waals surface area contributed by atoms with Gasteiger partial charge in [0.2, 0.25) is 5.91 Å². The summed E-state index contributed by atoms with van der Waals surface area (Å²) in [6.07, 6.45) is 2.28. The van der Waals surface area contributed by atoms with E-state index in [0.717, 1.165) is 17.3 Å². The largest absolute Gasteiger partial charge is 0.334 e. The van der Waals surface area contributed by atoms with Gasteiger partial charge in [-0.2, -0.15) is 0 Å². The number of likely N-dealkylation sites (N-methyl/N-ethyl adjacent to an activating group) is 1. The molecule has 1 aliphatic carbocycles. The number of rotatable bonds is 5. The van der Waals surface area contributed by atoms with E-state index < -0.39 is 0 Å². The summed E-state index contributed by atoms with van der Waals surface area (Å²) in [6, 6.07) is 8.52. The normalized spacial score (nSPS) is 14.7. The highest BCUT2D eigenvalue weighted by atomic mass is 79.9. The van der Waals surface area contributed by atoms with Gasteiger partial charge in [-0.15, -0.1) is 0 Å². The summed E-state index contributed by atoms with van der Waals surface area (Å²) < 4.78 is 1.07. The number of nitrogens with zero attached hydrogens (tertiary/aromatic N) is 1. The van der Waals surface area contributed by atoms with Crippen molar-refractivity contribution in [2.45, 2.75) is 25.4 Å². The first-order valence-corrected chi connectivity index (χ1v) is 6.69. The van der Waals surface area contributed by atoms with Gasteiger partial charge in [0.15, 0.2) is 0 Å². The standard InChI is InChI=1S/C13H17BrN2O/c1-15-8-13(17)16(11-6-7-11)9-10-4-2-3-5-12(10)14/h2-5,11,15H,6-9H2,1H3. The van der Waals surface area contributed by atoms with Crippen LogP contribution < -0.4 is 5.32 Å². The van der Waals surface area contributed by atoms with E-state index in [9.17, 15) is 4.79 Å². The van der Waals surface area contributed by atoms with Crippen LogP contribution >= 0.6 is 15.9 Å². The molecule has 4 heteroatoms. The molecule has 0 aliphatic heterocycles. The van der Waals surface area contributed by atoms with Crippen molar-refractivity contribution < 1.29 is 4.79 Å². The third-order valence-corrected chi connectivity index (χ3v) is 3.71. The van der Waals surface area contributed by atoms with Crippen molar-refractivity contribution in [3.63, 3.8) is 0 Å². The molecule has 0 atom stereocenters. The monoisotopic (exact) mass is 296 g/mol. The third-order valence-electron chi connectivity index (χ3n) is 2.93. The van der Waals surface area contributed by atoms with E-state index in [2.05, 4.69) is 27.3 Å². The Morgan fingerprint density at radius 2 is 2.18 bits per heavy atom. The molecule has 17 heavy (non-hydrogen) atoms. The number of hydrogen-bond donors (Lipinski definition) is 1. The van der Waals surface area contributed by atoms with Crippen molar-refractivity contribution in [2.75, 3.05) is 13.6 Å². The molecular formula is C13H17BrN2O. The maximum absolute atomic E-state index is 12.0. The van der Waals surface area contributed by atoms with Gasteiger partial charge in [0.05, 0.1) is 6.54 Å². The van der Waals surface area contributed by atoms with Crippen molar-refractivity contribution in [3.8, 4) is 0 Å². The van der Waals surface area contributed by atoms with E-state index in [0.29, 0.717) is 19.1 Å². The number of amides is 1. The molecule has 2 rings (SSSR count). The topological polar surface area (TPSA) is 32.3 Å². The Morgan fingerprint density at radius 3 is 2.76 bits per heavy atom. The van der Waals surface area contributed by atoms with Crippen LogP contribution in [0.3, 0.4) is 0 Å². The van der Waals surface area contributed by atoms with E-state index in [1.165, 1.54) is 5.56 Å². The average Bonchev–Trinajstić information content (AvgIpc) is 3.12. The van der Waals surface area contributed by atoms with E-state index in [-0.39, 0.29) is 5.91 Å². The summed E-state index contributed by atoms with van der Waals surface area (Å²) in [4.78, 5) is 14.0. The van der Waals surface area contributed by atoms with E-state index in [4.69, 9.17) is 0 Å². The van der Waals surface area contributed by atoms with Gasteiger partial charge in [0, 0.05) is 17.1 Å². The SMILES string of the molecule is CNCC(=O)N(Cc1ccccc1Br)C1CC1. The van der Waals surface area contributed by atoms with Gasteiger partial charge in [-0.1, -0.05) is 34.1 Å². The minimum absolute atomic E-state index is 0.186. The average molecular weight is 297 g/mol. The molecule has 1 N–H and O–H groups in total. The van der Waals surface area contributed by atoms with E-state index in [1.807, 2.05) is 23.1 Å². The van der Waals surface area contributed by atoms with Crippen LogP contribution in [-0.4, -0.2) is 30.4 Å². The zero-order valence-electron chi connectivity index (χ0n) is 9.95. The zero-order chi connectivity index (χ0) is 12.3. The zero-order valence-corrected chi connectivity index (χ0v) is 11.5. The van der Waals surface area contributed by atoms with E-state index >= 15 is 0 Å². The first kappa shape index (κ1) is 12.6. The second-order valence-corrected chi connectivity index (χ2v) is 5.23. The minimum atomic E-state index is 0.186. The number of carbonyl (C=O) groups is 1. The van der Waals surface area contributed by atoms with E-state index in [1.54, 1.807) is 7.05 Å². The molecule has 0 radical (unpaired) electrons. The molecule has 1 aromatic carbocycles. The molecule has 0 bridgehead atoms. The van der Waals surface area contributed by atoms with Crippen molar-refractivity contribution >= 4 is 21.8 Å². The van der Waals surface area contributed by atoms with Gasteiger partial charge in [-0.3, -0.25) is 4.79 Å². The van der Waals surface area contributed by atoms with Gasteiger partial charge in [-0.05, 0) is 31.5 Å². The number of carbonyl (C=O) groups excluding carboxylic acids is 1. The van der Waals surface area contributed by atoms with Crippen LogP contribution in [0.4, 0.5) is 0 Å². The third kappa shape index (κ3) is 3.30. The van der Waals surface area contributed by atoms with Gasteiger partial charge in [0.1, 0.15) is 0 Å². The Balaban J connectivity index is 2.08. The van der Waals surface area contributed by atoms with Crippen LogP contribution in [0.5, 0.6) is 0 Å². The maximum atomic E-state index is 12.0. The molecule has 1 aliphatic rings. The molecule has 1 amide bonds. The smallest absolute Gasteiger partial charge is 0.237 e. The molecule has 0 aromatic heterocycles. The second kappa shape index (κ2) is 5.65. The lowest BCUT2D eigenvalue weighted by atomic mass is 10.2. The summed E-state index contributed by atoms with van der Waals surface area (Å²) in [7, 11) is 1.81. The molecule has 0 spiro atoms. The molecule has 3 nitrogen and oxygen atoms in total. The van der Waals surface area contributed by atoms with Gasteiger partial charge >= 0.3 is 0 Å². The number of benzene rings is 1. The van der Waals surface area contributed by atoms with Crippen molar-refractivity contribution in [1.29, 1.82) is 0 Å². The molecular weight excluding hydrogens is 280 g/mol.